The molecule has 1 aliphatic carbocycles. The molecule has 0 N–H and O–H groups in total. The third-order valence-corrected chi connectivity index (χ3v) is 6.67. The van der Waals surface area contributed by atoms with Crippen LogP contribution in [-0.2, 0) is 0 Å². The molecule has 1 saturated heterocycles. The highest BCUT2D eigenvalue weighted by Crippen LogP contribution is 2.47. The van der Waals surface area contributed by atoms with E-state index >= 15 is 0 Å². The SMILES string of the molecule is CN=C(c1c(Cl)cccc1Cl)N1CCN(c2ncc(Cl)s2)CC12CC2. The van der Waals surface area contributed by atoms with Gasteiger partial charge in [-0.3, -0.25) is 4.99 Å². The van der Waals surface area contributed by atoms with Gasteiger partial charge >= 0.3 is 0 Å². The minimum Gasteiger partial charge on any atom is -0.347 e. The number of hydrogen-bond donors (Lipinski definition) is 0. The van der Waals surface area contributed by atoms with Crippen molar-refractivity contribution >= 4 is 57.1 Å². The molecular weight excluding hydrogens is 399 g/mol. The lowest BCUT2D eigenvalue weighted by molar-refractivity contribution is 0.260. The molecule has 1 spiro atoms. The molecule has 2 heterocycles. The Morgan fingerprint density at radius 2 is 1.92 bits per heavy atom. The Balaban J connectivity index is 1.63. The third kappa shape index (κ3) is 3.12. The summed E-state index contributed by atoms with van der Waals surface area (Å²) in [6.07, 6.45) is 3.98. The van der Waals surface area contributed by atoms with Crippen molar-refractivity contribution in [2.24, 2.45) is 4.99 Å². The van der Waals surface area contributed by atoms with Crippen molar-refractivity contribution < 1.29 is 0 Å². The average Bonchev–Trinajstić information content (AvgIpc) is 3.21. The van der Waals surface area contributed by atoms with Crippen LogP contribution >= 0.6 is 46.1 Å². The molecule has 25 heavy (non-hydrogen) atoms. The van der Waals surface area contributed by atoms with Gasteiger partial charge < -0.3 is 9.80 Å². The molecule has 0 unspecified atom stereocenters. The van der Waals surface area contributed by atoms with Gasteiger partial charge in [0.05, 0.1) is 27.3 Å². The molecule has 2 aromatic rings. The van der Waals surface area contributed by atoms with E-state index in [4.69, 9.17) is 34.8 Å². The highest BCUT2D eigenvalue weighted by molar-refractivity contribution is 7.19. The first-order chi connectivity index (χ1) is 12.0. The predicted octanol–water partition coefficient (Wildman–Crippen LogP) is 4.83. The van der Waals surface area contributed by atoms with E-state index in [-0.39, 0.29) is 5.54 Å². The number of nitrogens with zero attached hydrogens (tertiary/aromatic N) is 4. The maximum atomic E-state index is 6.44. The maximum Gasteiger partial charge on any atom is 0.186 e. The molecule has 1 saturated carbocycles. The number of hydrogen-bond acceptors (Lipinski definition) is 4. The van der Waals surface area contributed by atoms with Crippen LogP contribution in [0.4, 0.5) is 5.13 Å². The van der Waals surface area contributed by atoms with Crippen molar-refractivity contribution in [1.82, 2.24) is 9.88 Å². The van der Waals surface area contributed by atoms with Gasteiger partial charge in [-0.1, -0.05) is 52.2 Å². The summed E-state index contributed by atoms with van der Waals surface area (Å²) in [6, 6.07) is 5.58. The van der Waals surface area contributed by atoms with Gasteiger partial charge in [-0.05, 0) is 25.0 Å². The van der Waals surface area contributed by atoms with Gasteiger partial charge in [-0.2, -0.15) is 0 Å². The zero-order valence-electron chi connectivity index (χ0n) is 13.7. The van der Waals surface area contributed by atoms with Crippen LogP contribution in [0.15, 0.2) is 29.4 Å². The highest BCUT2D eigenvalue weighted by Gasteiger charge is 2.53. The standard InChI is InChI=1S/C17H17Cl3N4S/c1-21-15(14-11(18)3-2-4-12(14)19)24-8-7-23(10-17(24)5-6-17)16-22-9-13(20)25-16/h2-4,9H,5-8,10H2,1H3. The summed E-state index contributed by atoms with van der Waals surface area (Å²) in [5, 5.41) is 2.26. The molecule has 4 nitrogen and oxygen atoms in total. The number of piperazine rings is 1. The molecule has 4 rings (SSSR count). The lowest BCUT2D eigenvalue weighted by Crippen LogP contribution is -2.57. The second kappa shape index (κ2) is 6.62. The highest BCUT2D eigenvalue weighted by atomic mass is 35.5. The van der Waals surface area contributed by atoms with Crippen molar-refractivity contribution in [2.45, 2.75) is 18.4 Å². The Labute approximate surface area is 166 Å². The Morgan fingerprint density at radius 1 is 1.20 bits per heavy atom. The Hall–Kier alpha value is -1.01. The van der Waals surface area contributed by atoms with E-state index < -0.39 is 0 Å². The fourth-order valence-electron chi connectivity index (χ4n) is 3.51. The molecule has 0 atom stereocenters. The average molecular weight is 416 g/mol. The van der Waals surface area contributed by atoms with E-state index in [9.17, 15) is 0 Å². The van der Waals surface area contributed by atoms with Crippen molar-refractivity contribution in [3.8, 4) is 0 Å². The second-order valence-corrected chi connectivity index (χ2v) is 8.84. The van der Waals surface area contributed by atoms with Crippen LogP contribution < -0.4 is 4.90 Å². The smallest absolute Gasteiger partial charge is 0.186 e. The second-order valence-electron chi connectivity index (χ2n) is 6.39. The number of rotatable bonds is 2. The Bertz CT molecular complexity index is 811. The molecule has 1 aromatic carbocycles. The van der Waals surface area contributed by atoms with Gasteiger partial charge in [0.2, 0.25) is 0 Å². The van der Waals surface area contributed by atoms with E-state index in [1.165, 1.54) is 11.3 Å². The van der Waals surface area contributed by atoms with Gasteiger partial charge in [0, 0.05) is 26.7 Å². The van der Waals surface area contributed by atoms with E-state index in [0.717, 1.165) is 53.3 Å². The number of amidine groups is 1. The minimum absolute atomic E-state index is 0.0771. The van der Waals surface area contributed by atoms with Crippen molar-refractivity contribution in [2.75, 3.05) is 31.6 Å². The van der Waals surface area contributed by atoms with Gasteiger partial charge in [0.1, 0.15) is 10.2 Å². The number of aliphatic imine (C=N–C) groups is 1. The van der Waals surface area contributed by atoms with E-state index in [1.54, 1.807) is 13.2 Å². The van der Waals surface area contributed by atoms with Crippen LogP contribution in [0.25, 0.3) is 0 Å². The molecule has 0 amide bonds. The van der Waals surface area contributed by atoms with E-state index in [2.05, 4.69) is 19.8 Å². The summed E-state index contributed by atoms with van der Waals surface area (Å²) in [7, 11) is 1.80. The summed E-state index contributed by atoms with van der Waals surface area (Å²) in [4.78, 5) is 13.7. The first kappa shape index (κ1) is 17.4. The first-order valence-corrected chi connectivity index (χ1v) is 10.0. The predicted molar refractivity (Wildman–Crippen MR) is 107 cm³/mol. The molecule has 132 valence electrons. The summed E-state index contributed by atoms with van der Waals surface area (Å²) in [5.41, 5.74) is 0.902. The van der Waals surface area contributed by atoms with Crippen LogP contribution in [-0.4, -0.2) is 47.9 Å². The third-order valence-electron chi connectivity index (χ3n) is 4.87. The number of thiazole rings is 1. The number of halogens is 3. The van der Waals surface area contributed by atoms with E-state index in [1.807, 2.05) is 18.2 Å². The fourth-order valence-corrected chi connectivity index (χ4v) is 5.01. The Morgan fingerprint density at radius 3 is 2.48 bits per heavy atom. The monoisotopic (exact) mass is 414 g/mol. The molecule has 2 aliphatic rings. The van der Waals surface area contributed by atoms with Gasteiger partial charge in [0.15, 0.2) is 5.13 Å². The molecule has 0 radical (unpaired) electrons. The van der Waals surface area contributed by atoms with Gasteiger partial charge in [-0.15, -0.1) is 0 Å². The summed E-state index contributed by atoms with van der Waals surface area (Å²) < 4.78 is 0.723. The number of benzene rings is 1. The maximum absolute atomic E-state index is 6.44. The molecule has 2 fully saturated rings. The quantitative estimate of drug-likeness (QED) is 0.520. The van der Waals surface area contributed by atoms with Crippen molar-refractivity contribution in [3.63, 3.8) is 0 Å². The van der Waals surface area contributed by atoms with Crippen molar-refractivity contribution in [3.05, 3.63) is 44.3 Å². The van der Waals surface area contributed by atoms with Crippen LogP contribution in [0.1, 0.15) is 18.4 Å². The molecular formula is C17H17Cl3N4S. The normalized spacial score (nSPS) is 19.6. The van der Waals surface area contributed by atoms with Crippen molar-refractivity contribution in [1.29, 1.82) is 0 Å². The van der Waals surface area contributed by atoms with Crippen LogP contribution in [0.5, 0.6) is 0 Å². The van der Waals surface area contributed by atoms with Gasteiger partial charge in [-0.25, -0.2) is 4.98 Å². The van der Waals surface area contributed by atoms with Crippen LogP contribution in [0.3, 0.4) is 0 Å². The molecule has 0 bridgehead atoms. The van der Waals surface area contributed by atoms with E-state index in [0.29, 0.717) is 10.0 Å². The van der Waals surface area contributed by atoms with Gasteiger partial charge in [0.25, 0.3) is 0 Å². The lowest BCUT2D eigenvalue weighted by Gasteiger charge is -2.44. The number of aromatic nitrogens is 1. The largest absolute Gasteiger partial charge is 0.347 e. The zero-order valence-corrected chi connectivity index (χ0v) is 16.8. The molecule has 8 heteroatoms. The molecule has 1 aromatic heterocycles. The number of anilines is 1. The van der Waals surface area contributed by atoms with Crippen LogP contribution in [0, 0.1) is 0 Å². The lowest BCUT2D eigenvalue weighted by atomic mass is 10.1. The topological polar surface area (TPSA) is 31.7 Å². The zero-order chi connectivity index (χ0) is 17.6. The van der Waals surface area contributed by atoms with Crippen LogP contribution in [0.2, 0.25) is 14.4 Å². The first-order valence-electron chi connectivity index (χ1n) is 8.09. The summed E-state index contributed by atoms with van der Waals surface area (Å²) >= 11 is 20.5. The minimum atomic E-state index is 0.0771. The molecule has 1 aliphatic heterocycles. The Kier molecular flexibility index (Phi) is 4.61. The fraction of sp³-hybridized carbons (Fsp3) is 0.412. The summed E-state index contributed by atoms with van der Waals surface area (Å²) in [5.74, 6) is 0.880. The summed E-state index contributed by atoms with van der Waals surface area (Å²) in [6.45, 7) is 2.63.